The molecular weight excluding hydrogens is 226 g/mol. The van der Waals surface area contributed by atoms with Crippen LogP contribution >= 0.6 is 0 Å². The molecule has 0 aliphatic carbocycles. The first kappa shape index (κ1) is 11.1. The second-order valence-electron chi connectivity index (χ2n) is 3.58. The Kier molecular flexibility index (Phi) is 2.69. The summed E-state index contributed by atoms with van der Waals surface area (Å²) in [5, 5.41) is 5.96. The van der Waals surface area contributed by atoms with E-state index in [4.69, 9.17) is 0 Å². The third-order valence-corrected chi connectivity index (χ3v) is 3.84. The van der Waals surface area contributed by atoms with E-state index in [1.54, 1.807) is 31.3 Å². The van der Waals surface area contributed by atoms with E-state index >= 15 is 0 Å². The molecule has 1 atom stereocenters. The average Bonchev–Trinajstić information content (AvgIpc) is 2.27. The largest absolute Gasteiger partial charge is 0.341 e. The van der Waals surface area contributed by atoms with Crippen LogP contribution in [0.25, 0.3) is 0 Å². The number of sulfonamides is 1. The number of rotatable bonds is 2. The maximum Gasteiger partial charge on any atom is 0.286 e. The van der Waals surface area contributed by atoms with Gasteiger partial charge in [-0.1, -0.05) is 12.1 Å². The molecule has 5 nitrogen and oxygen atoms in total. The van der Waals surface area contributed by atoms with Gasteiger partial charge in [0.25, 0.3) is 10.0 Å². The summed E-state index contributed by atoms with van der Waals surface area (Å²) in [6.45, 7) is 1.84. The molecule has 0 aromatic heterocycles. The molecule has 6 heteroatoms. The van der Waals surface area contributed by atoms with Gasteiger partial charge in [-0.3, -0.25) is 0 Å². The number of hydrogen-bond donors (Lipinski definition) is 2. The molecule has 0 saturated carbocycles. The lowest BCUT2D eigenvalue weighted by Crippen LogP contribution is -2.38. The lowest BCUT2D eigenvalue weighted by Gasteiger charge is -2.21. The average molecular weight is 239 g/mol. The normalized spacial score (nSPS) is 19.2. The van der Waals surface area contributed by atoms with E-state index in [0.29, 0.717) is 11.5 Å². The molecule has 2 N–H and O–H groups in total. The van der Waals surface area contributed by atoms with E-state index in [1.165, 1.54) is 0 Å². The Balaban J connectivity index is 2.52. The van der Waals surface area contributed by atoms with Crippen LogP contribution in [0.3, 0.4) is 0 Å². The third-order valence-electron chi connectivity index (χ3n) is 2.49. The fraction of sp³-hybridized carbons (Fsp3) is 0.300. The monoisotopic (exact) mass is 239 g/mol. The molecule has 1 heterocycles. The fourth-order valence-electron chi connectivity index (χ4n) is 1.46. The van der Waals surface area contributed by atoms with Crippen LogP contribution in [0.4, 0.5) is 5.69 Å². The minimum Gasteiger partial charge on any atom is -0.341 e. The maximum atomic E-state index is 11.8. The summed E-state index contributed by atoms with van der Waals surface area (Å²) in [6.07, 6.45) is 0. The summed E-state index contributed by atoms with van der Waals surface area (Å²) < 4.78 is 27.4. The number of para-hydroxylation sites is 1. The molecule has 0 radical (unpaired) electrons. The van der Waals surface area contributed by atoms with Crippen LogP contribution in [-0.4, -0.2) is 27.3 Å². The topological polar surface area (TPSA) is 70.6 Å². The van der Waals surface area contributed by atoms with Gasteiger partial charge < -0.3 is 10.6 Å². The second-order valence-corrected chi connectivity index (χ2v) is 5.16. The van der Waals surface area contributed by atoms with Gasteiger partial charge >= 0.3 is 0 Å². The zero-order chi connectivity index (χ0) is 11.8. The SMILES string of the molecule is CNC(C)C1=NS(=O)(=O)c2ccccc2N1. The highest BCUT2D eigenvalue weighted by molar-refractivity contribution is 7.90. The maximum absolute atomic E-state index is 11.8. The number of hydrogen-bond acceptors (Lipinski definition) is 4. The summed E-state index contributed by atoms with van der Waals surface area (Å²) in [5.41, 5.74) is 0.578. The Morgan fingerprint density at radius 1 is 1.38 bits per heavy atom. The van der Waals surface area contributed by atoms with Crippen molar-refractivity contribution in [1.29, 1.82) is 0 Å². The van der Waals surface area contributed by atoms with Crippen LogP contribution in [0.5, 0.6) is 0 Å². The molecule has 0 bridgehead atoms. The van der Waals surface area contributed by atoms with E-state index in [0.717, 1.165) is 0 Å². The lowest BCUT2D eigenvalue weighted by molar-refractivity contribution is 0.597. The van der Waals surface area contributed by atoms with Gasteiger partial charge in [0.15, 0.2) is 0 Å². The number of amidine groups is 1. The molecule has 86 valence electrons. The zero-order valence-electron chi connectivity index (χ0n) is 9.06. The van der Waals surface area contributed by atoms with Crippen LogP contribution < -0.4 is 10.6 Å². The number of anilines is 1. The van der Waals surface area contributed by atoms with Crippen LogP contribution in [-0.2, 0) is 10.0 Å². The highest BCUT2D eigenvalue weighted by atomic mass is 32.2. The van der Waals surface area contributed by atoms with Crippen molar-refractivity contribution in [3.05, 3.63) is 24.3 Å². The van der Waals surface area contributed by atoms with Gasteiger partial charge in [-0.25, -0.2) is 0 Å². The minimum atomic E-state index is -3.56. The molecular formula is C10H13N3O2S. The molecule has 0 spiro atoms. The Morgan fingerprint density at radius 2 is 2.06 bits per heavy atom. The van der Waals surface area contributed by atoms with E-state index in [9.17, 15) is 8.42 Å². The smallest absolute Gasteiger partial charge is 0.286 e. The number of fused-ring (bicyclic) bond motifs is 1. The van der Waals surface area contributed by atoms with Crippen molar-refractivity contribution < 1.29 is 8.42 Å². The first-order valence-corrected chi connectivity index (χ1v) is 6.37. The van der Waals surface area contributed by atoms with Crippen molar-refractivity contribution in [2.75, 3.05) is 12.4 Å². The van der Waals surface area contributed by atoms with Crippen LogP contribution in [0.1, 0.15) is 6.92 Å². The molecule has 0 amide bonds. The van der Waals surface area contributed by atoms with Crippen LogP contribution in [0.2, 0.25) is 0 Å². The van der Waals surface area contributed by atoms with Gasteiger partial charge in [-0.05, 0) is 26.1 Å². The lowest BCUT2D eigenvalue weighted by atomic mass is 10.2. The van der Waals surface area contributed by atoms with Gasteiger partial charge in [-0.2, -0.15) is 8.42 Å². The van der Waals surface area contributed by atoms with Gasteiger partial charge in [0, 0.05) is 0 Å². The Hall–Kier alpha value is -1.40. The Labute approximate surface area is 94.6 Å². The van der Waals surface area contributed by atoms with E-state index < -0.39 is 10.0 Å². The molecule has 1 unspecified atom stereocenters. The van der Waals surface area contributed by atoms with Gasteiger partial charge in [0.2, 0.25) is 0 Å². The molecule has 0 saturated heterocycles. The summed E-state index contributed by atoms with van der Waals surface area (Å²) in [6, 6.07) is 6.60. The Morgan fingerprint density at radius 3 is 2.75 bits per heavy atom. The van der Waals surface area contributed by atoms with Crippen molar-refractivity contribution in [3.63, 3.8) is 0 Å². The summed E-state index contributed by atoms with van der Waals surface area (Å²) >= 11 is 0. The molecule has 2 rings (SSSR count). The number of nitrogens with zero attached hydrogens (tertiary/aromatic N) is 1. The Bertz CT molecular complexity index is 537. The summed E-state index contributed by atoms with van der Waals surface area (Å²) in [4.78, 5) is 0.224. The molecule has 1 aromatic carbocycles. The van der Waals surface area contributed by atoms with Crippen molar-refractivity contribution in [3.8, 4) is 0 Å². The molecule has 0 fully saturated rings. The first-order valence-electron chi connectivity index (χ1n) is 4.93. The van der Waals surface area contributed by atoms with Crippen molar-refractivity contribution in [2.24, 2.45) is 4.40 Å². The number of nitrogens with one attached hydrogen (secondary N) is 2. The minimum absolute atomic E-state index is 0.136. The number of likely N-dealkylation sites (N-methyl/N-ethyl adjacent to an activating group) is 1. The quantitative estimate of drug-likeness (QED) is 0.801. The van der Waals surface area contributed by atoms with Crippen LogP contribution in [0, 0.1) is 0 Å². The molecule has 1 aliphatic heterocycles. The zero-order valence-corrected chi connectivity index (χ0v) is 9.88. The molecule has 1 aromatic rings. The highest BCUT2D eigenvalue weighted by Crippen LogP contribution is 2.26. The predicted octanol–water partition coefficient (Wildman–Crippen LogP) is 0.807. The summed E-state index contributed by atoms with van der Waals surface area (Å²) in [7, 11) is -1.81. The standard InChI is InChI=1S/C10H13N3O2S/c1-7(11-2)10-12-8-5-3-4-6-9(8)16(14,15)13-10/h3-7,11H,1-2H3,(H,12,13). The summed E-state index contributed by atoms with van der Waals surface area (Å²) in [5.74, 6) is 0.418. The molecule has 1 aliphatic rings. The highest BCUT2D eigenvalue weighted by Gasteiger charge is 2.25. The first-order chi connectivity index (χ1) is 7.54. The van der Waals surface area contributed by atoms with E-state index in [-0.39, 0.29) is 10.9 Å². The predicted molar refractivity (Wildman–Crippen MR) is 63.2 cm³/mol. The fourth-order valence-corrected chi connectivity index (χ4v) is 2.67. The van der Waals surface area contributed by atoms with Gasteiger partial charge in [0.1, 0.15) is 10.7 Å². The van der Waals surface area contributed by atoms with Gasteiger partial charge in [0.05, 0.1) is 11.7 Å². The van der Waals surface area contributed by atoms with Crippen molar-refractivity contribution >= 4 is 21.5 Å². The van der Waals surface area contributed by atoms with Crippen molar-refractivity contribution in [2.45, 2.75) is 17.9 Å². The van der Waals surface area contributed by atoms with Gasteiger partial charge in [-0.15, -0.1) is 4.40 Å². The third kappa shape index (κ3) is 1.81. The van der Waals surface area contributed by atoms with Crippen LogP contribution in [0.15, 0.2) is 33.6 Å². The van der Waals surface area contributed by atoms with E-state index in [1.807, 2.05) is 6.92 Å². The van der Waals surface area contributed by atoms with Crippen molar-refractivity contribution in [1.82, 2.24) is 5.32 Å². The van der Waals surface area contributed by atoms with E-state index in [2.05, 4.69) is 15.0 Å². The molecule has 16 heavy (non-hydrogen) atoms. The number of benzene rings is 1. The second kappa shape index (κ2) is 3.88.